The number of benzene rings is 1. The van der Waals surface area contributed by atoms with E-state index >= 15 is 0 Å². The molecule has 1 aromatic heterocycles. The maximum atomic E-state index is 13.6. The third-order valence-corrected chi connectivity index (χ3v) is 2.34. The third kappa shape index (κ3) is 2.00. The number of halogens is 1. The van der Waals surface area contributed by atoms with Crippen molar-refractivity contribution >= 4 is 5.97 Å². The summed E-state index contributed by atoms with van der Waals surface area (Å²) in [6.45, 7) is 1.53. The minimum Gasteiger partial charge on any atom is -0.477 e. The molecule has 18 heavy (non-hydrogen) atoms. The lowest BCUT2D eigenvalue weighted by Crippen LogP contribution is -2.28. The molecule has 2 aromatic rings. The molecule has 0 saturated heterocycles. The highest BCUT2D eigenvalue weighted by Gasteiger charge is 2.15. The van der Waals surface area contributed by atoms with Gasteiger partial charge in [-0.1, -0.05) is 12.1 Å². The van der Waals surface area contributed by atoms with E-state index in [1.54, 1.807) is 0 Å². The number of aromatic nitrogens is 2. The molecule has 1 heterocycles. The van der Waals surface area contributed by atoms with Gasteiger partial charge in [0, 0.05) is 0 Å². The van der Waals surface area contributed by atoms with Crippen molar-refractivity contribution in [1.82, 2.24) is 9.78 Å². The van der Waals surface area contributed by atoms with Crippen molar-refractivity contribution in [3.05, 3.63) is 57.8 Å². The van der Waals surface area contributed by atoms with E-state index in [1.165, 1.54) is 31.2 Å². The van der Waals surface area contributed by atoms with E-state index in [1.807, 2.05) is 0 Å². The molecule has 0 spiro atoms. The van der Waals surface area contributed by atoms with Crippen LogP contribution in [0, 0.1) is 12.7 Å². The quantitative estimate of drug-likeness (QED) is 0.871. The van der Waals surface area contributed by atoms with E-state index in [-0.39, 0.29) is 5.69 Å². The van der Waals surface area contributed by atoms with Crippen molar-refractivity contribution in [3.63, 3.8) is 0 Å². The number of carboxylic acids is 1. The van der Waals surface area contributed by atoms with Crippen LogP contribution in [-0.2, 0) is 0 Å². The predicted molar refractivity (Wildman–Crippen MR) is 61.5 cm³/mol. The van der Waals surface area contributed by atoms with Crippen molar-refractivity contribution in [1.29, 1.82) is 0 Å². The second kappa shape index (κ2) is 4.40. The average molecular weight is 248 g/mol. The molecule has 1 N–H and O–H groups in total. The molecule has 0 fully saturated rings. The van der Waals surface area contributed by atoms with Crippen LogP contribution in [0.15, 0.2) is 35.1 Å². The van der Waals surface area contributed by atoms with Gasteiger partial charge in [0.05, 0.1) is 5.69 Å². The molecule has 1 aromatic carbocycles. The molecule has 0 amide bonds. The zero-order valence-corrected chi connectivity index (χ0v) is 9.42. The standard InChI is InChI=1S/C12H9FN2O3/c1-7-6-8(12(17)18)11(16)15(14-7)10-5-3-2-4-9(10)13/h2-6H,1H3,(H,17,18). The Morgan fingerprint density at radius 3 is 2.67 bits per heavy atom. The summed E-state index contributed by atoms with van der Waals surface area (Å²) in [6, 6.07) is 6.69. The van der Waals surface area contributed by atoms with Gasteiger partial charge in [-0.2, -0.15) is 9.78 Å². The molecular weight excluding hydrogens is 239 g/mol. The van der Waals surface area contributed by atoms with Gasteiger partial charge in [0.2, 0.25) is 0 Å². The SMILES string of the molecule is Cc1cc(C(=O)O)c(=O)n(-c2ccccc2F)n1. The van der Waals surface area contributed by atoms with Crippen molar-refractivity contribution < 1.29 is 14.3 Å². The second-order valence-electron chi connectivity index (χ2n) is 3.67. The van der Waals surface area contributed by atoms with Crippen LogP contribution >= 0.6 is 0 Å². The fourth-order valence-corrected chi connectivity index (χ4v) is 1.56. The zero-order valence-electron chi connectivity index (χ0n) is 9.42. The predicted octanol–water partition coefficient (Wildman–Crippen LogP) is 1.38. The maximum absolute atomic E-state index is 13.6. The molecule has 0 saturated carbocycles. The van der Waals surface area contributed by atoms with Crippen LogP contribution in [-0.4, -0.2) is 20.9 Å². The summed E-state index contributed by atoms with van der Waals surface area (Å²) < 4.78 is 14.3. The van der Waals surface area contributed by atoms with Crippen LogP contribution in [0.5, 0.6) is 0 Å². The largest absolute Gasteiger partial charge is 0.477 e. The van der Waals surface area contributed by atoms with Crippen LogP contribution in [0.3, 0.4) is 0 Å². The first-order valence-corrected chi connectivity index (χ1v) is 5.10. The third-order valence-electron chi connectivity index (χ3n) is 2.34. The van der Waals surface area contributed by atoms with Crippen molar-refractivity contribution in [2.24, 2.45) is 0 Å². The van der Waals surface area contributed by atoms with E-state index in [0.29, 0.717) is 5.69 Å². The van der Waals surface area contributed by atoms with E-state index in [2.05, 4.69) is 5.10 Å². The second-order valence-corrected chi connectivity index (χ2v) is 3.67. The molecule has 0 aliphatic rings. The number of rotatable bonds is 2. The minimum atomic E-state index is -1.37. The number of aromatic carboxylic acids is 1. The normalized spacial score (nSPS) is 10.3. The van der Waals surface area contributed by atoms with Gasteiger partial charge in [-0.15, -0.1) is 0 Å². The number of hydrogen-bond donors (Lipinski definition) is 1. The first-order chi connectivity index (χ1) is 8.50. The molecule has 0 aliphatic heterocycles. The number of nitrogens with zero attached hydrogens (tertiary/aromatic N) is 2. The fourth-order valence-electron chi connectivity index (χ4n) is 1.56. The number of hydrogen-bond acceptors (Lipinski definition) is 3. The monoisotopic (exact) mass is 248 g/mol. The van der Waals surface area contributed by atoms with Crippen LogP contribution in [0.25, 0.3) is 5.69 Å². The number of carboxylic acid groups (broad SMARTS) is 1. The lowest BCUT2D eigenvalue weighted by Gasteiger charge is -2.07. The average Bonchev–Trinajstić information content (AvgIpc) is 2.32. The summed E-state index contributed by atoms with van der Waals surface area (Å²) in [5.74, 6) is -2.01. The highest BCUT2D eigenvalue weighted by atomic mass is 19.1. The van der Waals surface area contributed by atoms with E-state index < -0.39 is 22.9 Å². The Bertz CT molecular complexity index is 679. The summed E-state index contributed by atoms with van der Waals surface area (Å²) in [5, 5.41) is 12.7. The lowest BCUT2D eigenvalue weighted by molar-refractivity contribution is 0.0694. The lowest BCUT2D eigenvalue weighted by atomic mass is 10.2. The van der Waals surface area contributed by atoms with Gasteiger partial charge < -0.3 is 5.11 Å². The Balaban J connectivity index is 2.77. The topological polar surface area (TPSA) is 72.2 Å². The Hall–Kier alpha value is -2.50. The van der Waals surface area contributed by atoms with Gasteiger partial charge in [-0.25, -0.2) is 9.18 Å². The zero-order chi connectivity index (χ0) is 13.3. The van der Waals surface area contributed by atoms with Crippen LogP contribution < -0.4 is 5.56 Å². The number of carbonyl (C=O) groups is 1. The Kier molecular flexibility index (Phi) is 2.93. The van der Waals surface area contributed by atoms with Crippen LogP contribution in [0.4, 0.5) is 4.39 Å². The van der Waals surface area contributed by atoms with Crippen molar-refractivity contribution in [2.75, 3.05) is 0 Å². The fraction of sp³-hybridized carbons (Fsp3) is 0.0833. The summed E-state index contributed by atoms with van der Waals surface area (Å²) in [5.41, 5.74) is -1.06. The molecule has 0 aliphatic carbocycles. The van der Waals surface area contributed by atoms with Gasteiger partial charge in [0.25, 0.3) is 5.56 Å². The minimum absolute atomic E-state index is 0.0753. The highest BCUT2D eigenvalue weighted by Crippen LogP contribution is 2.10. The Labute approximate surface area is 101 Å². The molecule has 5 nitrogen and oxygen atoms in total. The summed E-state index contributed by atoms with van der Waals surface area (Å²) >= 11 is 0. The first kappa shape index (κ1) is 12.0. The molecular formula is C12H9FN2O3. The van der Waals surface area contributed by atoms with Crippen LogP contribution in [0.1, 0.15) is 16.1 Å². The number of para-hydroxylation sites is 1. The van der Waals surface area contributed by atoms with Gasteiger partial charge >= 0.3 is 5.97 Å². The molecule has 0 atom stereocenters. The van der Waals surface area contributed by atoms with E-state index in [4.69, 9.17) is 5.11 Å². The summed E-state index contributed by atoms with van der Waals surface area (Å²) in [4.78, 5) is 22.8. The van der Waals surface area contributed by atoms with E-state index in [0.717, 1.165) is 10.7 Å². The Morgan fingerprint density at radius 2 is 2.06 bits per heavy atom. The number of aryl methyl sites for hydroxylation is 1. The molecule has 6 heteroatoms. The van der Waals surface area contributed by atoms with Gasteiger partial charge in [-0.3, -0.25) is 4.79 Å². The smallest absolute Gasteiger partial charge is 0.341 e. The molecule has 0 radical (unpaired) electrons. The highest BCUT2D eigenvalue weighted by molar-refractivity contribution is 5.87. The van der Waals surface area contributed by atoms with E-state index in [9.17, 15) is 14.0 Å². The maximum Gasteiger partial charge on any atom is 0.341 e. The van der Waals surface area contributed by atoms with Crippen LogP contribution in [0.2, 0.25) is 0 Å². The van der Waals surface area contributed by atoms with Crippen molar-refractivity contribution in [2.45, 2.75) is 6.92 Å². The van der Waals surface area contributed by atoms with Crippen molar-refractivity contribution in [3.8, 4) is 5.69 Å². The molecule has 0 bridgehead atoms. The van der Waals surface area contributed by atoms with Gasteiger partial charge in [0.15, 0.2) is 0 Å². The Morgan fingerprint density at radius 1 is 1.39 bits per heavy atom. The molecule has 0 unspecified atom stereocenters. The van der Waals surface area contributed by atoms with Gasteiger partial charge in [-0.05, 0) is 25.1 Å². The van der Waals surface area contributed by atoms with Gasteiger partial charge in [0.1, 0.15) is 17.1 Å². The summed E-state index contributed by atoms with van der Waals surface area (Å²) in [6.07, 6.45) is 0. The molecule has 2 rings (SSSR count). The molecule has 92 valence electrons. The first-order valence-electron chi connectivity index (χ1n) is 5.10. The summed E-state index contributed by atoms with van der Waals surface area (Å²) in [7, 11) is 0.